The predicted molar refractivity (Wildman–Crippen MR) is 92.4 cm³/mol. The third-order valence-electron chi connectivity index (χ3n) is 4.28. The molecule has 24 heavy (non-hydrogen) atoms. The Bertz CT molecular complexity index is 634. The van der Waals surface area contributed by atoms with E-state index in [4.69, 9.17) is 22.1 Å². The predicted octanol–water partition coefficient (Wildman–Crippen LogP) is 1.70. The van der Waals surface area contributed by atoms with Gasteiger partial charge in [-0.25, -0.2) is 4.79 Å². The minimum Gasteiger partial charge on any atom is -0.376 e. The number of urea groups is 1. The molecule has 3 amide bonds. The van der Waals surface area contributed by atoms with E-state index in [9.17, 15) is 9.59 Å². The molecule has 2 saturated heterocycles. The van der Waals surface area contributed by atoms with Crippen molar-refractivity contribution in [2.45, 2.75) is 31.4 Å². The topological polar surface area (TPSA) is 96.7 Å². The van der Waals surface area contributed by atoms with Crippen LogP contribution in [-0.4, -0.2) is 43.8 Å². The number of halogens is 1. The van der Waals surface area contributed by atoms with Crippen LogP contribution in [0.3, 0.4) is 0 Å². The summed E-state index contributed by atoms with van der Waals surface area (Å²) < 4.78 is 5.57. The van der Waals surface area contributed by atoms with Gasteiger partial charge >= 0.3 is 6.03 Å². The van der Waals surface area contributed by atoms with Crippen LogP contribution >= 0.6 is 11.6 Å². The van der Waals surface area contributed by atoms with E-state index in [0.29, 0.717) is 36.1 Å². The number of carbonyl (C=O) groups excluding carboxylic acids is 2. The Morgan fingerprint density at radius 2 is 2.29 bits per heavy atom. The first-order valence-corrected chi connectivity index (χ1v) is 8.47. The fourth-order valence-corrected chi connectivity index (χ4v) is 3.16. The van der Waals surface area contributed by atoms with E-state index in [-0.39, 0.29) is 18.0 Å². The van der Waals surface area contributed by atoms with Crippen LogP contribution in [0.15, 0.2) is 18.2 Å². The number of amides is 3. The van der Waals surface area contributed by atoms with Crippen molar-refractivity contribution in [3.63, 3.8) is 0 Å². The number of nitrogens with one attached hydrogen (secondary N) is 2. The van der Waals surface area contributed by atoms with Crippen molar-refractivity contribution in [2.24, 2.45) is 5.73 Å². The van der Waals surface area contributed by atoms with Crippen LogP contribution in [0.25, 0.3) is 0 Å². The third kappa shape index (κ3) is 3.63. The van der Waals surface area contributed by atoms with Gasteiger partial charge in [0.2, 0.25) is 5.91 Å². The number of benzene rings is 1. The highest BCUT2D eigenvalue weighted by molar-refractivity contribution is 6.34. The van der Waals surface area contributed by atoms with Crippen LogP contribution in [-0.2, 0) is 9.53 Å². The quantitative estimate of drug-likeness (QED) is 0.768. The first-order valence-electron chi connectivity index (χ1n) is 8.09. The number of hydrogen-bond donors (Lipinski definition) is 3. The summed E-state index contributed by atoms with van der Waals surface area (Å²) in [6.07, 6.45) is 2.55. The fourth-order valence-electron chi connectivity index (χ4n) is 2.94. The van der Waals surface area contributed by atoms with E-state index >= 15 is 0 Å². The molecule has 0 bridgehead atoms. The summed E-state index contributed by atoms with van der Waals surface area (Å²) in [6, 6.07) is 4.10. The molecule has 0 aromatic heterocycles. The molecule has 3 rings (SSSR count). The minimum atomic E-state index is -0.723. The van der Waals surface area contributed by atoms with Crippen LogP contribution in [0.1, 0.15) is 19.3 Å². The molecular weight excluding hydrogens is 332 g/mol. The second-order valence-electron chi connectivity index (χ2n) is 5.97. The highest BCUT2D eigenvalue weighted by Gasteiger charge is 2.28. The van der Waals surface area contributed by atoms with Crippen molar-refractivity contribution in [3.8, 4) is 0 Å². The average molecular weight is 353 g/mol. The largest absolute Gasteiger partial charge is 0.376 e. The van der Waals surface area contributed by atoms with Crippen LogP contribution < -0.4 is 21.3 Å². The summed E-state index contributed by atoms with van der Waals surface area (Å²) >= 11 is 6.18. The number of carbonyl (C=O) groups is 2. The maximum atomic E-state index is 12.4. The number of anilines is 2. The van der Waals surface area contributed by atoms with Crippen LogP contribution in [0.5, 0.6) is 0 Å². The Morgan fingerprint density at radius 1 is 1.46 bits per heavy atom. The van der Waals surface area contributed by atoms with Crippen LogP contribution in [0, 0.1) is 0 Å². The number of rotatable bonds is 4. The molecule has 7 nitrogen and oxygen atoms in total. The van der Waals surface area contributed by atoms with E-state index in [0.717, 1.165) is 19.3 Å². The SMILES string of the molecule is NC(C(=O)Nc1ccc(Cl)c(N2CCNC2=O)c1)C1CCCCO1. The summed E-state index contributed by atoms with van der Waals surface area (Å²) in [5, 5.41) is 5.95. The molecule has 0 aliphatic carbocycles. The highest BCUT2D eigenvalue weighted by Crippen LogP contribution is 2.30. The second kappa shape index (κ2) is 7.38. The van der Waals surface area contributed by atoms with Gasteiger partial charge in [-0.15, -0.1) is 0 Å². The Kier molecular flexibility index (Phi) is 5.23. The van der Waals surface area contributed by atoms with Gasteiger partial charge in [0, 0.05) is 25.4 Å². The Labute approximate surface area is 145 Å². The van der Waals surface area contributed by atoms with E-state index < -0.39 is 6.04 Å². The summed E-state index contributed by atoms with van der Waals surface area (Å²) in [4.78, 5) is 25.7. The van der Waals surface area contributed by atoms with Crippen LogP contribution in [0.2, 0.25) is 5.02 Å². The Balaban J connectivity index is 1.70. The minimum absolute atomic E-state index is 0.201. The molecule has 2 fully saturated rings. The highest BCUT2D eigenvalue weighted by atomic mass is 35.5. The van der Waals surface area contributed by atoms with Crippen molar-refractivity contribution in [3.05, 3.63) is 23.2 Å². The standard InChI is InChI=1S/C16H21ClN4O3/c17-11-5-4-10(9-12(11)21-7-6-19-16(21)23)20-15(22)14(18)13-3-1-2-8-24-13/h4-5,9,13-14H,1-3,6-8,18H2,(H,19,23)(H,20,22). The normalized spacial score (nSPS) is 22.2. The van der Waals surface area contributed by atoms with Crippen LogP contribution in [0.4, 0.5) is 16.2 Å². The molecule has 2 aliphatic rings. The van der Waals surface area contributed by atoms with Crippen molar-refractivity contribution < 1.29 is 14.3 Å². The van der Waals surface area contributed by atoms with Gasteiger partial charge in [0.05, 0.1) is 16.8 Å². The molecule has 2 atom stereocenters. The third-order valence-corrected chi connectivity index (χ3v) is 4.60. The maximum Gasteiger partial charge on any atom is 0.322 e. The van der Waals surface area contributed by atoms with Crippen molar-refractivity contribution in [1.29, 1.82) is 0 Å². The van der Waals surface area contributed by atoms with Crippen molar-refractivity contribution in [1.82, 2.24) is 5.32 Å². The second-order valence-corrected chi connectivity index (χ2v) is 6.38. The first kappa shape index (κ1) is 17.0. The lowest BCUT2D eigenvalue weighted by atomic mass is 10.0. The van der Waals surface area contributed by atoms with Gasteiger partial charge in [0.15, 0.2) is 0 Å². The van der Waals surface area contributed by atoms with Gasteiger partial charge in [-0.05, 0) is 37.5 Å². The summed E-state index contributed by atoms with van der Waals surface area (Å²) in [5.74, 6) is -0.305. The molecule has 2 heterocycles. The van der Waals surface area contributed by atoms with Gasteiger partial charge < -0.3 is 21.1 Å². The Morgan fingerprint density at radius 3 is 2.96 bits per heavy atom. The molecule has 8 heteroatoms. The van der Waals surface area contributed by atoms with E-state index in [1.54, 1.807) is 23.1 Å². The molecule has 130 valence electrons. The van der Waals surface area contributed by atoms with Gasteiger partial charge in [0.1, 0.15) is 6.04 Å². The number of ether oxygens (including phenoxy) is 1. The summed E-state index contributed by atoms with van der Waals surface area (Å²) in [6.45, 7) is 1.74. The molecule has 2 aliphatic heterocycles. The lowest BCUT2D eigenvalue weighted by Crippen LogP contribution is -2.47. The van der Waals surface area contributed by atoms with Gasteiger partial charge in [-0.1, -0.05) is 11.6 Å². The molecule has 4 N–H and O–H groups in total. The van der Waals surface area contributed by atoms with Gasteiger partial charge in [-0.3, -0.25) is 9.69 Å². The van der Waals surface area contributed by atoms with E-state index in [2.05, 4.69) is 10.6 Å². The van der Waals surface area contributed by atoms with Crippen molar-refractivity contribution in [2.75, 3.05) is 29.9 Å². The Hall–Kier alpha value is -1.83. The zero-order valence-corrected chi connectivity index (χ0v) is 14.0. The molecule has 1 aromatic rings. The number of nitrogens with two attached hydrogens (primary N) is 1. The molecule has 2 unspecified atom stereocenters. The van der Waals surface area contributed by atoms with E-state index in [1.807, 2.05) is 0 Å². The lowest BCUT2D eigenvalue weighted by molar-refractivity contribution is -0.122. The number of hydrogen-bond acceptors (Lipinski definition) is 4. The van der Waals surface area contributed by atoms with Gasteiger partial charge in [0.25, 0.3) is 0 Å². The van der Waals surface area contributed by atoms with Gasteiger partial charge in [-0.2, -0.15) is 0 Å². The zero-order chi connectivity index (χ0) is 17.1. The lowest BCUT2D eigenvalue weighted by Gasteiger charge is -2.27. The molecule has 0 saturated carbocycles. The smallest absolute Gasteiger partial charge is 0.322 e. The zero-order valence-electron chi connectivity index (χ0n) is 13.3. The molecule has 0 radical (unpaired) electrons. The average Bonchev–Trinajstić information content (AvgIpc) is 3.02. The summed E-state index contributed by atoms with van der Waals surface area (Å²) in [7, 11) is 0. The van der Waals surface area contributed by atoms with Crippen molar-refractivity contribution >= 4 is 34.9 Å². The monoisotopic (exact) mass is 352 g/mol. The van der Waals surface area contributed by atoms with E-state index in [1.165, 1.54) is 0 Å². The first-order chi connectivity index (χ1) is 11.6. The summed E-state index contributed by atoms with van der Waals surface area (Å²) in [5.41, 5.74) is 7.12. The maximum absolute atomic E-state index is 12.4. The number of nitrogens with zero attached hydrogens (tertiary/aromatic N) is 1. The molecule has 0 spiro atoms. The molecular formula is C16H21ClN4O3. The fraction of sp³-hybridized carbons (Fsp3) is 0.500. The molecule has 1 aromatic carbocycles.